The second kappa shape index (κ2) is 8.52. The van der Waals surface area contributed by atoms with Gasteiger partial charge in [0.1, 0.15) is 6.07 Å². The van der Waals surface area contributed by atoms with E-state index in [2.05, 4.69) is 114 Å². The van der Waals surface area contributed by atoms with E-state index in [1.807, 2.05) is 24.3 Å². The van der Waals surface area contributed by atoms with Gasteiger partial charge in [0.05, 0.1) is 11.1 Å². The van der Waals surface area contributed by atoms with Crippen LogP contribution in [0.4, 0.5) is 0 Å². The van der Waals surface area contributed by atoms with Gasteiger partial charge in [0.2, 0.25) is 0 Å². The summed E-state index contributed by atoms with van der Waals surface area (Å²) in [5.41, 5.74) is 9.67. The van der Waals surface area contributed by atoms with Crippen LogP contribution in [0.15, 0.2) is 127 Å². The lowest BCUT2D eigenvalue weighted by molar-refractivity contribution is 1.51. The largest absolute Gasteiger partial charge is 0.354 e. The topological polar surface area (TPSA) is 39.6 Å². The lowest BCUT2D eigenvalue weighted by Crippen LogP contribution is -1.91. The zero-order valence-corrected chi connectivity index (χ0v) is 20.1. The van der Waals surface area contributed by atoms with Gasteiger partial charge >= 0.3 is 0 Å². The molecular weight excluding hydrogens is 448 g/mol. The van der Waals surface area contributed by atoms with Gasteiger partial charge in [-0.05, 0) is 45.3 Å². The maximum atomic E-state index is 10.4. The van der Waals surface area contributed by atoms with E-state index in [-0.39, 0.29) is 0 Å². The predicted octanol–water partition coefficient (Wildman–Crippen LogP) is 9.35. The predicted molar refractivity (Wildman–Crippen MR) is 154 cm³/mol. The lowest BCUT2D eigenvalue weighted by atomic mass is 9.89. The average Bonchev–Trinajstić information content (AvgIpc) is 3.35. The number of H-pyrrole nitrogens is 1. The number of nitrogens with one attached hydrogen (secondary N) is 1. The Hall–Kier alpha value is -5.13. The summed E-state index contributed by atoms with van der Waals surface area (Å²) in [6.07, 6.45) is 0. The Morgan fingerprint density at radius 1 is 0.486 bits per heavy atom. The molecule has 0 aliphatic carbocycles. The van der Waals surface area contributed by atoms with E-state index >= 15 is 0 Å². The van der Waals surface area contributed by atoms with Crippen molar-refractivity contribution < 1.29 is 0 Å². The SMILES string of the molecule is N#Cc1c2ccc(-c3ccccc3)cc2c(-c2ccc(-c3ccccc3)cc2)c2[nH]c3ccccc3c12. The highest BCUT2D eigenvalue weighted by atomic mass is 14.7. The van der Waals surface area contributed by atoms with E-state index in [0.29, 0.717) is 5.56 Å². The van der Waals surface area contributed by atoms with Crippen molar-refractivity contribution in [1.82, 2.24) is 4.98 Å². The molecule has 1 heterocycles. The maximum Gasteiger partial charge on any atom is 0.101 e. The summed E-state index contributed by atoms with van der Waals surface area (Å²) in [4.78, 5) is 3.67. The molecule has 37 heavy (non-hydrogen) atoms. The number of rotatable bonds is 3. The Bertz CT molecular complexity index is 1960. The Morgan fingerprint density at radius 3 is 1.76 bits per heavy atom. The van der Waals surface area contributed by atoms with Crippen LogP contribution in [0.25, 0.3) is 66.0 Å². The molecule has 7 aromatic rings. The summed E-state index contributed by atoms with van der Waals surface area (Å²) >= 11 is 0. The minimum absolute atomic E-state index is 0.715. The van der Waals surface area contributed by atoms with Crippen LogP contribution in [0.1, 0.15) is 5.56 Å². The van der Waals surface area contributed by atoms with Gasteiger partial charge < -0.3 is 4.98 Å². The maximum absolute atomic E-state index is 10.4. The van der Waals surface area contributed by atoms with Gasteiger partial charge in [-0.2, -0.15) is 5.26 Å². The van der Waals surface area contributed by atoms with Crippen molar-refractivity contribution in [2.75, 3.05) is 0 Å². The van der Waals surface area contributed by atoms with E-state index in [9.17, 15) is 5.26 Å². The van der Waals surface area contributed by atoms with Crippen LogP contribution in [0, 0.1) is 11.3 Å². The number of aromatic amines is 1. The number of hydrogen-bond donors (Lipinski definition) is 1. The Labute approximate surface area is 215 Å². The van der Waals surface area contributed by atoms with Crippen molar-refractivity contribution in [3.05, 3.63) is 133 Å². The molecule has 0 spiro atoms. The summed E-state index contributed by atoms with van der Waals surface area (Å²) < 4.78 is 0. The zero-order chi connectivity index (χ0) is 24.8. The van der Waals surface area contributed by atoms with E-state index in [4.69, 9.17) is 0 Å². The van der Waals surface area contributed by atoms with Crippen molar-refractivity contribution in [2.24, 2.45) is 0 Å². The van der Waals surface area contributed by atoms with Gasteiger partial charge in [0, 0.05) is 27.2 Å². The van der Waals surface area contributed by atoms with Gasteiger partial charge in [-0.15, -0.1) is 0 Å². The molecule has 0 radical (unpaired) electrons. The molecule has 0 bridgehead atoms. The molecule has 0 saturated heterocycles. The van der Waals surface area contributed by atoms with Crippen LogP contribution in [0.5, 0.6) is 0 Å². The molecule has 172 valence electrons. The summed E-state index contributed by atoms with van der Waals surface area (Å²) in [7, 11) is 0. The first-order valence-electron chi connectivity index (χ1n) is 12.4. The highest BCUT2D eigenvalue weighted by molar-refractivity contribution is 6.23. The molecule has 2 heteroatoms. The standard InChI is InChI=1S/C35H22N2/c36-22-31-28-20-19-27(24-11-5-2-6-12-24)21-30(28)33(35-34(31)29-13-7-8-14-32(29)37-35)26-17-15-25(16-18-26)23-9-3-1-4-10-23/h1-21,37H. The number of nitriles is 1. The number of hydrogen-bond acceptors (Lipinski definition) is 1. The summed E-state index contributed by atoms with van der Waals surface area (Å²) in [5.74, 6) is 0. The molecule has 1 aromatic heterocycles. The Morgan fingerprint density at radius 2 is 1.05 bits per heavy atom. The van der Waals surface area contributed by atoms with Gasteiger partial charge in [-0.3, -0.25) is 0 Å². The molecule has 0 amide bonds. The molecule has 2 nitrogen and oxygen atoms in total. The first kappa shape index (κ1) is 21.2. The number of aromatic nitrogens is 1. The first-order chi connectivity index (χ1) is 18.3. The van der Waals surface area contributed by atoms with Crippen LogP contribution in [-0.4, -0.2) is 4.98 Å². The second-order valence-electron chi connectivity index (χ2n) is 9.35. The fraction of sp³-hybridized carbons (Fsp3) is 0. The molecule has 6 aromatic carbocycles. The van der Waals surface area contributed by atoms with Crippen LogP contribution >= 0.6 is 0 Å². The number of fused-ring (bicyclic) bond motifs is 4. The lowest BCUT2D eigenvalue weighted by Gasteiger charge is -2.14. The van der Waals surface area contributed by atoms with E-state index in [1.54, 1.807) is 0 Å². The first-order valence-corrected chi connectivity index (χ1v) is 12.4. The fourth-order valence-corrected chi connectivity index (χ4v) is 5.51. The molecule has 0 saturated carbocycles. The number of nitrogens with zero attached hydrogens (tertiary/aromatic N) is 1. The van der Waals surface area contributed by atoms with E-state index < -0.39 is 0 Å². The number of benzene rings is 6. The van der Waals surface area contributed by atoms with Gasteiger partial charge in [0.25, 0.3) is 0 Å². The highest BCUT2D eigenvalue weighted by Crippen LogP contribution is 2.43. The molecule has 1 N–H and O–H groups in total. The second-order valence-corrected chi connectivity index (χ2v) is 9.35. The van der Waals surface area contributed by atoms with Crippen molar-refractivity contribution in [3.8, 4) is 39.4 Å². The van der Waals surface area contributed by atoms with Crippen molar-refractivity contribution in [1.29, 1.82) is 5.26 Å². The van der Waals surface area contributed by atoms with E-state index in [0.717, 1.165) is 54.8 Å². The van der Waals surface area contributed by atoms with E-state index in [1.165, 1.54) is 11.1 Å². The minimum atomic E-state index is 0.715. The Kier molecular flexibility index (Phi) is 4.87. The fourth-order valence-electron chi connectivity index (χ4n) is 5.51. The molecule has 0 atom stereocenters. The smallest absolute Gasteiger partial charge is 0.101 e. The van der Waals surface area contributed by atoms with Crippen molar-refractivity contribution >= 4 is 32.6 Å². The quantitative estimate of drug-likeness (QED) is 0.274. The highest BCUT2D eigenvalue weighted by Gasteiger charge is 2.20. The van der Waals surface area contributed by atoms with Crippen LogP contribution < -0.4 is 0 Å². The Balaban J connectivity index is 1.58. The van der Waals surface area contributed by atoms with Crippen molar-refractivity contribution in [3.63, 3.8) is 0 Å². The molecule has 0 aliphatic rings. The molecule has 0 fully saturated rings. The third-order valence-corrected chi connectivity index (χ3v) is 7.26. The van der Waals surface area contributed by atoms with Gasteiger partial charge in [-0.1, -0.05) is 115 Å². The molecule has 0 unspecified atom stereocenters. The van der Waals surface area contributed by atoms with Gasteiger partial charge in [0.15, 0.2) is 0 Å². The summed E-state index contributed by atoms with van der Waals surface area (Å²) in [6, 6.07) is 46.9. The average molecular weight is 471 g/mol. The minimum Gasteiger partial charge on any atom is -0.354 e. The normalized spacial score (nSPS) is 11.2. The molecule has 0 aliphatic heterocycles. The zero-order valence-electron chi connectivity index (χ0n) is 20.1. The third-order valence-electron chi connectivity index (χ3n) is 7.26. The molecule has 7 rings (SSSR count). The molecular formula is C35H22N2. The van der Waals surface area contributed by atoms with Crippen LogP contribution in [-0.2, 0) is 0 Å². The van der Waals surface area contributed by atoms with Crippen LogP contribution in [0.3, 0.4) is 0 Å². The number of para-hydroxylation sites is 1. The summed E-state index contributed by atoms with van der Waals surface area (Å²) in [5, 5.41) is 14.5. The van der Waals surface area contributed by atoms with Crippen molar-refractivity contribution in [2.45, 2.75) is 0 Å². The van der Waals surface area contributed by atoms with Crippen LogP contribution in [0.2, 0.25) is 0 Å². The monoisotopic (exact) mass is 470 g/mol. The third kappa shape index (κ3) is 3.41. The summed E-state index contributed by atoms with van der Waals surface area (Å²) in [6.45, 7) is 0. The van der Waals surface area contributed by atoms with Gasteiger partial charge in [-0.25, -0.2) is 0 Å².